The molecular weight excluding hydrogens is 343 g/mol. The molecule has 0 aliphatic rings. The number of hydrogen-bond acceptors (Lipinski definition) is 3. The molecule has 2 aromatic rings. The summed E-state index contributed by atoms with van der Waals surface area (Å²) in [6.07, 6.45) is -4.60. The van der Waals surface area contributed by atoms with Gasteiger partial charge >= 0.3 is 6.18 Å². The largest absolute Gasteiger partial charge is 0.496 e. The van der Waals surface area contributed by atoms with Gasteiger partial charge in [-0.15, -0.1) is 0 Å². The molecule has 0 aliphatic heterocycles. The Kier molecular flexibility index (Phi) is 5.19. The maximum absolute atomic E-state index is 12.8. The van der Waals surface area contributed by atoms with Crippen LogP contribution in [0.3, 0.4) is 0 Å². The normalized spacial score (nSPS) is 12.4. The molecule has 0 N–H and O–H groups in total. The van der Waals surface area contributed by atoms with E-state index in [0.717, 1.165) is 22.5 Å². The van der Waals surface area contributed by atoms with Crippen LogP contribution in [0, 0.1) is 0 Å². The smallest absolute Gasteiger partial charge is 0.416 e. The molecule has 0 unspecified atom stereocenters. The third-order valence-corrected chi connectivity index (χ3v) is 5.25. The minimum atomic E-state index is -4.60. The molecule has 0 radical (unpaired) electrons. The molecule has 2 aromatic carbocycles. The van der Waals surface area contributed by atoms with Gasteiger partial charge in [-0.3, -0.25) is 0 Å². The lowest BCUT2D eigenvalue weighted by Gasteiger charge is -2.19. The van der Waals surface area contributed by atoms with Crippen LogP contribution in [0.25, 0.3) is 0 Å². The van der Waals surface area contributed by atoms with Gasteiger partial charge in [-0.05, 0) is 24.3 Å². The summed E-state index contributed by atoms with van der Waals surface area (Å²) in [6, 6.07) is 10.5. The number of ether oxygens (including phenoxy) is 1. The van der Waals surface area contributed by atoms with Crippen LogP contribution in [-0.4, -0.2) is 26.9 Å². The minimum absolute atomic E-state index is 0.0252. The minimum Gasteiger partial charge on any atom is -0.496 e. The van der Waals surface area contributed by atoms with Gasteiger partial charge < -0.3 is 4.74 Å². The van der Waals surface area contributed by atoms with Crippen LogP contribution in [0.15, 0.2) is 53.4 Å². The number of para-hydroxylation sites is 1. The lowest BCUT2D eigenvalue weighted by Crippen LogP contribution is -2.27. The zero-order chi connectivity index (χ0) is 18.0. The molecule has 0 saturated heterocycles. The Morgan fingerprint density at radius 1 is 1.08 bits per heavy atom. The number of sulfonamides is 1. The fourth-order valence-corrected chi connectivity index (χ4v) is 3.37. The van der Waals surface area contributed by atoms with Gasteiger partial charge in [-0.1, -0.05) is 24.3 Å². The van der Waals surface area contributed by atoms with Crippen LogP contribution < -0.4 is 4.74 Å². The third-order valence-electron chi connectivity index (χ3n) is 3.46. The van der Waals surface area contributed by atoms with E-state index in [1.54, 1.807) is 24.3 Å². The molecule has 8 heteroatoms. The van der Waals surface area contributed by atoms with Gasteiger partial charge in [0.25, 0.3) is 0 Å². The number of hydrogen-bond donors (Lipinski definition) is 0. The van der Waals surface area contributed by atoms with Crippen molar-refractivity contribution in [3.8, 4) is 5.75 Å². The van der Waals surface area contributed by atoms with Gasteiger partial charge in [0.15, 0.2) is 0 Å². The molecule has 0 amide bonds. The molecule has 4 nitrogen and oxygen atoms in total. The summed E-state index contributed by atoms with van der Waals surface area (Å²) < 4.78 is 69.5. The van der Waals surface area contributed by atoms with Crippen molar-refractivity contribution in [3.05, 3.63) is 59.7 Å². The van der Waals surface area contributed by atoms with Crippen molar-refractivity contribution >= 4 is 10.0 Å². The van der Waals surface area contributed by atoms with E-state index in [1.165, 1.54) is 14.2 Å². The zero-order valence-electron chi connectivity index (χ0n) is 13.0. The first-order valence-corrected chi connectivity index (χ1v) is 8.36. The Morgan fingerprint density at radius 3 is 2.38 bits per heavy atom. The Morgan fingerprint density at radius 2 is 1.75 bits per heavy atom. The first-order chi connectivity index (χ1) is 11.2. The summed E-state index contributed by atoms with van der Waals surface area (Å²) in [7, 11) is -1.30. The molecule has 0 atom stereocenters. The van der Waals surface area contributed by atoms with Crippen molar-refractivity contribution in [2.45, 2.75) is 17.6 Å². The summed E-state index contributed by atoms with van der Waals surface area (Å²) in [5, 5.41) is 0. The lowest BCUT2D eigenvalue weighted by molar-refractivity contribution is -0.137. The van der Waals surface area contributed by atoms with Crippen LogP contribution >= 0.6 is 0 Å². The summed E-state index contributed by atoms with van der Waals surface area (Å²) in [5.41, 5.74) is -0.396. The molecule has 0 saturated carbocycles. The lowest BCUT2D eigenvalue weighted by atomic mass is 10.2. The van der Waals surface area contributed by atoms with Crippen LogP contribution in [0.2, 0.25) is 0 Å². The fourth-order valence-electron chi connectivity index (χ4n) is 2.17. The average molecular weight is 359 g/mol. The maximum atomic E-state index is 12.8. The van der Waals surface area contributed by atoms with E-state index >= 15 is 0 Å². The molecule has 0 fully saturated rings. The van der Waals surface area contributed by atoms with Crippen LogP contribution in [0.1, 0.15) is 11.1 Å². The standard InChI is InChI=1S/C16H16F3NO3S/c1-20(11-12-6-3-4-9-15(12)23-2)24(21,22)14-8-5-7-13(10-14)16(17,18)19/h3-10H,11H2,1-2H3. The predicted octanol–water partition coefficient (Wildman–Crippen LogP) is 3.53. The van der Waals surface area contributed by atoms with E-state index in [-0.39, 0.29) is 6.54 Å². The van der Waals surface area contributed by atoms with E-state index < -0.39 is 26.7 Å². The number of methoxy groups -OCH3 is 1. The topological polar surface area (TPSA) is 46.6 Å². The number of benzene rings is 2. The van der Waals surface area contributed by atoms with E-state index in [1.807, 2.05) is 0 Å². The number of rotatable bonds is 5. The van der Waals surface area contributed by atoms with E-state index in [4.69, 9.17) is 4.74 Å². The van der Waals surface area contributed by atoms with E-state index in [2.05, 4.69) is 0 Å². The quantitative estimate of drug-likeness (QED) is 0.820. The van der Waals surface area contributed by atoms with Crippen LogP contribution in [0.5, 0.6) is 5.75 Å². The molecular formula is C16H16F3NO3S. The van der Waals surface area contributed by atoms with Crippen molar-refractivity contribution < 1.29 is 26.3 Å². The Balaban J connectivity index is 2.33. The monoisotopic (exact) mass is 359 g/mol. The van der Waals surface area contributed by atoms with Gasteiger partial charge in [0.1, 0.15) is 5.75 Å². The van der Waals surface area contributed by atoms with Crippen LogP contribution in [-0.2, 0) is 22.7 Å². The van der Waals surface area contributed by atoms with E-state index in [9.17, 15) is 21.6 Å². The summed E-state index contributed by atoms with van der Waals surface area (Å²) in [4.78, 5) is -0.408. The summed E-state index contributed by atoms with van der Waals surface area (Å²) in [6.45, 7) is -0.0252. The fraction of sp³-hybridized carbons (Fsp3) is 0.250. The first kappa shape index (κ1) is 18.3. The van der Waals surface area contributed by atoms with Crippen molar-refractivity contribution in [3.63, 3.8) is 0 Å². The average Bonchev–Trinajstić information content (AvgIpc) is 2.54. The molecule has 2 rings (SSSR count). The molecule has 0 bridgehead atoms. The highest BCUT2D eigenvalue weighted by Crippen LogP contribution is 2.31. The van der Waals surface area contributed by atoms with Crippen molar-refractivity contribution in [1.82, 2.24) is 4.31 Å². The molecule has 0 spiro atoms. The highest BCUT2D eigenvalue weighted by Gasteiger charge is 2.32. The Hall–Kier alpha value is -2.06. The van der Waals surface area contributed by atoms with Gasteiger partial charge in [0, 0.05) is 19.2 Å². The molecule has 0 aliphatic carbocycles. The highest BCUT2D eigenvalue weighted by molar-refractivity contribution is 7.89. The van der Waals surface area contributed by atoms with Crippen molar-refractivity contribution in [2.75, 3.05) is 14.2 Å². The van der Waals surface area contributed by atoms with E-state index in [0.29, 0.717) is 17.4 Å². The maximum Gasteiger partial charge on any atom is 0.416 e. The number of alkyl halides is 3. The van der Waals surface area contributed by atoms with Gasteiger partial charge in [0.05, 0.1) is 17.6 Å². The number of nitrogens with zero attached hydrogens (tertiary/aromatic N) is 1. The van der Waals surface area contributed by atoms with Crippen molar-refractivity contribution in [2.24, 2.45) is 0 Å². The summed E-state index contributed by atoms with van der Waals surface area (Å²) >= 11 is 0. The second kappa shape index (κ2) is 6.82. The van der Waals surface area contributed by atoms with Gasteiger partial charge in [-0.2, -0.15) is 17.5 Å². The Bertz CT molecular complexity index is 819. The van der Waals surface area contributed by atoms with Crippen molar-refractivity contribution in [1.29, 1.82) is 0 Å². The Labute approximate surface area is 138 Å². The third kappa shape index (κ3) is 3.88. The first-order valence-electron chi connectivity index (χ1n) is 6.92. The predicted molar refractivity (Wildman–Crippen MR) is 83.1 cm³/mol. The molecule has 24 heavy (non-hydrogen) atoms. The molecule has 130 valence electrons. The number of halogens is 3. The second-order valence-electron chi connectivity index (χ2n) is 5.10. The highest BCUT2D eigenvalue weighted by atomic mass is 32.2. The second-order valence-corrected chi connectivity index (χ2v) is 7.14. The molecule has 0 aromatic heterocycles. The summed E-state index contributed by atoms with van der Waals surface area (Å²) in [5.74, 6) is 0.503. The van der Waals surface area contributed by atoms with Crippen LogP contribution in [0.4, 0.5) is 13.2 Å². The molecule has 0 heterocycles. The SMILES string of the molecule is COc1ccccc1CN(C)S(=O)(=O)c1cccc(C(F)(F)F)c1. The zero-order valence-corrected chi connectivity index (χ0v) is 13.9. The van der Waals surface area contributed by atoms with Gasteiger partial charge in [-0.25, -0.2) is 8.42 Å². The van der Waals surface area contributed by atoms with Gasteiger partial charge in [0.2, 0.25) is 10.0 Å².